The molecule has 0 bridgehead atoms. The van der Waals surface area contributed by atoms with Crippen molar-refractivity contribution >= 4 is 17.9 Å². The van der Waals surface area contributed by atoms with Gasteiger partial charge in [0.15, 0.2) is 11.5 Å². The third-order valence-corrected chi connectivity index (χ3v) is 4.86. The van der Waals surface area contributed by atoms with Crippen LogP contribution in [0.5, 0.6) is 11.5 Å². The summed E-state index contributed by atoms with van der Waals surface area (Å²) < 4.78 is 30.4. The third kappa shape index (κ3) is 6.38. The highest BCUT2D eigenvalue weighted by Crippen LogP contribution is 2.39. The first-order chi connectivity index (χ1) is 14.5. The van der Waals surface area contributed by atoms with Gasteiger partial charge in [-0.25, -0.2) is 18.8 Å². The first-order valence-corrected chi connectivity index (χ1v) is 9.89. The van der Waals surface area contributed by atoms with Gasteiger partial charge in [0.2, 0.25) is 0 Å². The highest BCUT2D eigenvalue weighted by Gasteiger charge is 2.34. The van der Waals surface area contributed by atoms with Crippen LogP contribution in [0, 0.1) is 0 Å². The van der Waals surface area contributed by atoms with Crippen molar-refractivity contribution in [1.82, 2.24) is 0 Å². The average molecular weight is 430 g/mol. The molecule has 0 N–H and O–H groups in total. The molecule has 3 atom stereocenters. The lowest BCUT2D eigenvalue weighted by molar-refractivity contribution is -0.149. The summed E-state index contributed by atoms with van der Waals surface area (Å²) >= 11 is 0. The van der Waals surface area contributed by atoms with Gasteiger partial charge < -0.3 is 14.2 Å². The summed E-state index contributed by atoms with van der Waals surface area (Å²) in [4.78, 5) is 35.6. The molecule has 7 heteroatoms. The molecule has 1 aromatic rings. The second kappa shape index (κ2) is 10.2. The number of hydrogen-bond acceptors (Lipinski definition) is 6. The van der Waals surface area contributed by atoms with E-state index in [0.717, 1.165) is 0 Å². The zero-order chi connectivity index (χ0) is 23.3. The van der Waals surface area contributed by atoms with Crippen LogP contribution >= 0.6 is 0 Å². The number of alkyl halides is 1. The summed E-state index contributed by atoms with van der Waals surface area (Å²) in [7, 11) is 0. The summed E-state index contributed by atoms with van der Waals surface area (Å²) in [6.07, 6.45) is -1.13. The van der Waals surface area contributed by atoms with E-state index in [1.54, 1.807) is 12.1 Å². The first-order valence-electron chi connectivity index (χ1n) is 9.89. The minimum absolute atomic E-state index is 0.0336. The number of ether oxygens (including phenoxy) is 3. The van der Waals surface area contributed by atoms with Gasteiger partial charge in [-0.05, 0) is 63.6 Å². The summed E-state index contributed by atoms with van der Waals surface area (Å²) in [5.41, 5.74) is 1.29. The van der Waals surface area contributed by atoms with Crippen LogP contribution in [0.4, 0.5) is 4.39 Å². The number of benzene rings is 1. The lowest BCUT2D eigenvalue weighted by Crippen LogP contribution is -2.34. The van der Waals surface area contributed by atoms with Crippen molar-refractivity contribution in [3.63, 3.8) is 0 Å². The second-order valence-electron chi connectivity index (χ2n) is 7.80. The van der Waals surface area contributed by atoms with Crippen molar-refractivity contribution in [3.8, 4) is 11.5 Å². The molecule has 0 aromatic heterocycles. The van der Waals surface area contributed by atoms with Crippen molar-refractivity contribution < 1.29 is 33.0 Å². The van der Waals surface area contributed by atoms with Gasteiger partial charge in [0.25, 0.3) is 0 Å². The van der Waals surface area contributed by atoms with Crippen LogP contribution in [-0.2, 0) is 19.1 Å². The molecule has 1 aliphatic carbocycles. The van der Waals surface area contributed by atoms with Gasteiger partial charge in [0, 0.05) is 16.7 Å². The van der Waals surface area contributed by atoms with Gasteiger partial charge in [-0.2, -0.15) is 0 Å². The third-order valence-electron chi connectivity index (χ3n) is 4.86. The van der Waals surface area contributed by atoms with E-state index in [-0.39, 0.29) is 40.6 Å². The molecular weight excluding hydrogens is 403 g/mol. The number of carbonyl (C=O) groups is 3. The molecule has 0 saturated heterocycles. The molecule has 0 aliphatic heterocycles. The van der Waals surface area contributed by atoms with Gasteiger partial charge >= 0.3 is 17.9 Å². The molecule has 0 amide bonds. The molecule has 1 aromatic carbocycles. The molecule has 0 radical (unpaired) electrons. The van der Waals surface area contributed by atoms with Crippen LogP contribution in [0.15, 0.2) is 54.7 Å². The smallest absolute Gasteiger partial charge is 0.338 e. The Hall–Kier alpha value is -3.22. The zero-order valence-corrected chi connectivity index (χ0v) is 18.0. The quantitative estimate of drug-likeness (QED) is 0.353. The van der Waals surface area contributed by atoms with Crippen molar-refractivity contribution in [2.24, 2.45) is 0 Å². The maximum Gasteiger partial charge on any atom is 0.338 e. The van der Waals surface area contributed by atoms with Crippen molar-refractivity contribution in [2.75, 3.05) is 0 Å². The topological polar surface area (TPSA) is 78.9 Å². The SMILES string of the molecule is C=C(C)C(=O)Oc1ccc([C@@H]2CCC(OC(=O)C(=C)C)C(F)C2)cc1OC(=O)C(=C)C. The largest absolute Gasteiger partial charge is 0.456 e. The number of rotatable bonds is 7. The van der Waals surface area contributed by atoms with E-state index in [0.29, 0.717) is 18.4 Å². The highest BCUT2D eigenvalue weighted by atomic mass is 19.1. The molecule has 1 aliphatic rings. The Morgan fingerprint density at radius 2 is 1.42 bits per heavy atom. The van der Waals surface area contributed by atoms with Gasteiger partial charge in [0.1, 0.15) is 12.3 Å². The van der Waals surface area contributed by atoms with Crippen LogP contribution in [0.3, 0.4) is 0 Å². The fourth-order valence-corrected chi connectivity index (χ4v) is 3.08. The summed E-state index contributed by atoms with van der Waals surface area (Å²) in [5, 5.41) is 0. The van der Waals surface area contributed by atoms with E-state index in [4.69, 9.17) is 14.2 Å². The fourth-order valence-electron chi connectivity index (χ4n) is 3.08. The van der Waals surface area contributed by atoms with E-state index in [1.165, 1.54) is 26.8 Å². The standard InChI is InChI=1S/C24H27FO6/c1-13(2)22(26)29-19-9-7-16(11-18(19)25)17-8-10-20(30-23(27)14(3)4)21(12-17)31-24(28)15(5)6/h8,10,12,16,18-19H,1,3,5,7,9,11H2,2,4,6H3/t16-,18?,19?/m1/s1. The lowest BCUT2D eigenvalue weighted by Gasteiger charge is -2.31. The molecule has 0 spiro atoms. The van der Waals surface area contributed by atoms with E-state index in [1.807, 2.05) is 0 Å². The summed E-state index contributed by atoms with van der Waals surface area (Å²) in [6.45, 7) is 15.1. The zero-order valence-electron chi connectivity index (χ0n) is 18.0. The minimum Gasteiger partial charge on any atom is -0.456 e. The number of hydrogen-bond donors (Lipinski definition) is 0. The van der Waals surface area contributed by atoms with Gasteiger partial charge in [0.05, 0.1) is 0 Å². The van der Waals surface area contributed by atoms with Gasteiger partial charge in [-0.3, -0.25) is 0 Å². The Kier molecular flexibility index (Phi) is 7.91. The molecule has 31 heavy (non-hydrogen) atoms. The fraction of sp³-hybridized carbons (Fsp3) is 0.375. The Morgan fingerprint density at radius 1 is 0.871 bits per heavy atom. The van der Waals surface area contributed by atoms with Crippen LogP contribution in [0.1, 0.15) is 51.5 Å². The maximum absolute atomic E-state index is 14.7. The molecule has 2 rings (SSSR count). The van der Waals surface area contributed by atoms with E-state index < -0.39 is 30.2 Å². The number of carbonyl (C=O) groups excluding carboxylic acids is 3. The summed E-state index contributed by atoms with van der Waals surface area (Å²) in [6, 6.07) is 4.74. The number of esters is 3. The van der Waals surface area contributed by atoms with Crippen LogP contribution in [0.25, 0.3) is 0 Å². The Bertz CT molecular complexity index is 932. The molecule has 1 saturated carbocycles. The van der Waals surface area contributed by atoms with Gasteiger partial charge in [-0.1, -0.05) is 25.8 Å². The minimum atomic E-state index is -1.34. The predicted octanol–water partition coefficient (Wildman–Crippen LogP) is 4.74. The highest BCUT2D eigenvalue weighted by molar-refractivity contribution is 5.91. The van der Waals surface area contributed by atoms with Crippen molar-refractivity contribution in [3.05, 3.63) is 60.2 Å². The Morgan fingerprint density at radius 3 is 1.94 bits per heavy atom. The Labute approximate surface area is 181 Å². The van der Waals surface area contributed by atoms with E-state index >= 15 is 0 Å². The first kappa shape index (κ1) is 24.1. The summed E-state index contributed by atoms with van der Waals surface area (Å²) in [5.74, 6) is -2.06. The van der Waals surface area contributed by atoms with E-state index in [9.17, 15) is 18.8 Å². The average Bonchev–Trinajstić information content (AvgIpc) is 2.70. The van der Waals surface area contributed by atoms with Gasteiger partial charge in [-0.15, -0.1) is 0 Å². The Balaban J connectivity index is 2.23. The maximum atomic E-state index is 14.7. The van der Waals surface area contributed by atoms with Crippen LogP contribution < -0.4 is 9.47 Å². The second-order valence-corrected chi connectivity index (χ2v) is 7.80. The van der Waals surface area contributed by atoms with Crippen molar-refractivity contribution in [2.45, 2.75) is 58.2 Å². The molecule has 0 heterocycles. The molecule has 166 valence electrons. The van der Waals surface area contributed by atoms with E-state index in [2.05, 4.69) is 19.7 Å². The molecule has 6 nitrogen and oxygen atoms in total. The number of halogens is 1. The van der Waals surface area contributed by atoms with Crippen molar-refractivity contribution in [1.29, 1.82) is 0 Å². The monoisotopic (exact) mass is 430 g/mol. The van der Waals surface area contributed by atoms with Crippen LogP contribution in [-0.4, -0.2) is 30.2 Å². The molecule has 2 unspecified atom stereocenters. The predicted molar refractivity (Wildman–Crippen MR) is 114 cm³/mol. The molecule has 1 fully saturated rings. The lowest BCUT2D eigenvalue weighted by atomic mass is 9.81. The molecular formula is C24H27FO6. The normalized spacial score (nSPS) is 20.3. The van der Waals surface area contributed by atoms with Crippen LogP contribution in [0.2, 0.25) is 0 Å².